The number of morpholine rings is 1. The third-order valence-corrected chi connectivity index (χ3v) is 6.19. The number of nitrogens with zero attached hydrogens (tertiary/aromatic N) is 3. The minimum Gasteiger partial charge on any atom is -0.366 e. The molecule has 1 N–H and O–H groups in total. The molecule has 2 heterocycles. The van der Waals surface area contributed by atoms with Crippen LogP contribution >= 0.6 is 0 Å². The molecule has 4 aromatic rings. The van der Waals surface area contributed by atoms with Gasteiger partial charge in [-0.15, -0.1) is 0 Å². The molecule has 6 nitrogen and oxygen atoms in total. The molecule has 168 valence electrons. The molecule has 0 aliphatic carbocycles. The number of nitrogens with one attached hydrogen (secondary N) is 1. The summed E-state index contributed by atoms with van der Waals surface area (Å²) in [7, 11) is 1.99. The van der Waals surface area contributed by atoms with Crippen molar-refractivity contribution in [3.63, 3.8) is 0 Å². The average molecular weight is 441 g/mol. The lowest BCUT2D eigenvalue weighted by atomic mass is 10.1. The number of imidazole rings is 1. The first kappa shape index (κ1) is 21.4. The summed E-state index contributed by atoms with van der Waals surface area (Å²) in [6.45, 7) is 2.71. The van der Waals surface area contributed by atoms with Gasteiger partial charge in [0.25, 0.3) is 5.91 Å². The van der Waals surface area contributed by atoms with Crippen molar-refractivity contribution in [1.82, 2.24) is 19.8 Å². The van der Waals surface area contributed by atoms with Crippen LogP contribution in [-0.2, 0) is 23.1 Å². The van der Waals surface area contributed by atoms with Crippen LogP contribution < -0.4 is 5.32 Å². The zero-order valence-electron chi connectivity index (χ0n) is 18.7. The molecule has 0 bridgehead atoms. The van der Waals surface area contributed by atoms with E-state index in [1.165, 1.54) is 5.56 Å². The van der Waals surface area contributed by atoms with Gasteiger partial charge in [-0.1, -0.05) is 72.8 Å². The van der Waals surface area contributed by atoms with Crippen molar-refractivity contribution >= 4 is 16.9 Å². The van der Waals surface area contributed by atoms with Gasteiger partial charge in [0.05, 0.1) is 17.6 Å². The van der Waals surface area contributed by atoms with Crippen molar-refractivity contribution in [2.75, 3.05) is 19.7 Å². The number of para-hydroxylation sites is 2. The zero-order chi connectivity index (χ0) is 22.6. The van der Waals surface area contributed by atoms with Crippen LogP contribution in [0, 0.1) is 0 Å². The number of fused-ring (bicyclic) bond motifs is 1. The minimum absolute atomic E-state index is 0.117. The Morgan fingerprint density at radius 2 is 1.73 bits per heavy atom. The van der Waals surface area contributed by atoms with Crippen LogP contribution in [0.3, 0.4) is 0 Å². The van der Waals surface area contributed by atoms with Gasteiger partial charge in [0.1, 0.15) is 18.0 Å². The molecule has 1 aliphatic rings. The summed E-state index contributed by atoms with van der Waals surface area (Å²) in [5.41, 5.74) is 4.17. The molecule has 1 saturated heterocycles. The highest BCUT2D eigenvalue weighted by Gasteiger charge is 2.30. The summed E-state index contributed by atoms with van der Waals surface area (Å²) >= 11 is 0. The van der Waals surface area contributed by atoms with Crippen LogP contribution in [-0.4, -0.2) is 46.2 Å². The molecular weight excluding hydrogens is 412 g/mol. The number of hydrogen-bond acceptors (Lipinski definition) is 4. The average Bonchev–Trinajstić information content (AvgIpc) is 3.20. The van der Waals surface area contributed by atoms with Crippen molar-refractivity contribution in [3.8, 4) is 0 Å². The van der Waals surface area contributed by atoms with E-state index >= 15 is 0 Å². The van der Waals surface area contributed by atoms with E-state index < -0.39 is 6.10 Å². The van der Waals surface area contributed by atoms with Gasteiger partial charge in [-0.05, 0) is 23.3 Å². The van der Waals surface area contributed by atoms with E-state index in [4.69, 9.17) is 9.72 Å². The summed E-state index contributed by atoms with van der Waals surface area (Å²) in [4.78, 5) is 20.5. The predicted octanol–water partition coefficient (Wildman–Crippen LogP) is 3.68. The topological polar surface area (TPSA) is 59.4 Å². The molecule has 6 heteroatoms. The Bertz CT molecular complexity index is 1220. The molecule has 1 fully saturated rings. The number of aryl methyl sites for hydroxylation is 1. The number of amides is 1. The maximum absolute atomic E-state index is 13.4. The highest BCUT2D eigenvalue weighted by atomic mass is 16.5. The molecule has 2 atom stereocenters. The van der Waals surface area contributed by atoms with Crippen LogP contribution in [0.15, 0.2) is 84.9 Å². The summed E-state index contributed by atoms with van der Waals surface area (Å²) < 4.78 is 7.94. The van der Waals surface area contributed by atoms with Gasteiger partial charge in [-0.3, -0.25) is 9.69 Å². The summed E-state index contributed by atoms with van der Waals surface area (Å²) in [6.07, 6.45) is -0.525. The van der Waals surface area contributed by atoms with Gasteiger partial charge in [0.15, 0.2) is 0 Å². The van der Waals surface area contributed by atoms with E-state index in [9.17, 15) is 4.79 Å². The Balaban J connectivity index is 1.37. The number of aromatic nitrogens is 2. The first-order chi connectivity index (χ1) is 16.2. The standard InChI is InChI=1S/C27H28N4O2/c1-30-23-15-9-8-14-22(23)28-26(30)25(21-12-6-3-7-13-21)29-27(32)24-19-31(16-17-33-24)18-20-10-4-2-5-11-20/h2-15,24-25H,16-19H2,1H3,(H,29,32). The van der Waals surface area contributed by atoms with Crippen LogP contribution in [0.25, 0.3) is 11.0 Å². The molecule has 0 saturated carbocycles. The number of carbonyl (C=O) groups excluding carboxylic acids is 1. The first-order valence-electron chi connectivity index (χ1n) is 11.3. The lowest BCUT2D eigenvalue weighted by molar-refractivity contribution is -0.139. The lowest BCUT2D eigenvalue weighted by Gasteiger charge is -2.33. The van der Waals surface area contributed by atoms with Crippen molar-refractivity contribution in [3.05, 3.63) is 102 Å². The van der Waals surface area contributed by atoms with Crippen molar-refractivity contribution in [2.24, 2.45) is 7.05 Å². The predicted molar refractivity (Wildman–Crippen MR) is 129 cm³/mol. The van der Waals surface area contributed by atoms with Crippen molar-refractivity contribution in [2.45, 2.75) is 18.7 Å². The number of benzene rings is 3. The second-order valence-electron chi connectivity index (χ2n) is 8.45. The smallest absolute Gasteiger partial charge is 0.251 e. The Kier molecular flexibility index (Phi) is 6.19. The molecule has 5 rings (SSSR count). The molecule has 0 radical (unpaired) electrons. The van der Waals surface area contributed by atoms with Crippen LogP contribution in [0.5, 0.6) is 0 Å². The minimum atomic E-state index is -0.525. The van der Waals surface area contributed by atoms with Crippen LogP contribution in [0.2, 0.25) is 0 Å². The summed E-state index contributed by atoms with van der Waals surface area (Å²) in [5.74, 6) is 0.682. The molecule has 2 unspecified atom stereocenters. The zero-order valence-corrected chi connectivity index (χ0v) is 18.7. The van der Waals surface area contributed by atoms with Gasteiger partial charge in [0, 0.05) is 26.7 Å². The Hall–Kier alpha value is -3.48. The number of ether oxygens (including phenoxy) is 1. The molecule has 1 aromatic heterocycles. The third kappa shape index (κ3) is 4.67. The maximum atomic E-state index is 13.4. The molecule has 3 aromatic carbocycles. The van der Waals surface area contributed by atoms with E-state index in [2.05, 4.69) is 26.9 Å². The summed E-state index contributed by atoms with van der Waals surface area (Å²) in [5, 5.41) is 3.23. The Morgan fingerprint density at radius 3 is 2.48 bits per heavy atom. The second kappa shape index (κ2) is 9.57. The second-order valence-corrected chi connectivity index (χ2v) is 8.45. The fourth-order valence-corrected chi connectivity index (χ4v) is 4.45. The Labute approximate surface area is 193 Å². The van der Waals surface area contributed by atoms with Crippen molar-refractivity contribution < 1.29 is 9.53 Å². The van der Waals surface area contributed by atoms with Gasteiger partial charge in [-0.25, -0.2) is 4.98 Å². The van der Waals surface area contributed by atoms with E-state index in [1.807, 2.05) is 79.8 Å². The van der Waals surface area contributed by atoms with E-state index in [-0.39, 0.29) is 11.9 Å². The molecular formula is C27H28N4O2. The van der Waals surface area contributed by atoms with Gasteiger partial charge in [0.2, 0.25) is 0 Å². The fourth-order valence-electron chi connectivity index (χ4n) is 4.45. The lowest BCUT2D eigenvalue weighted by Crippen LogP contribution is -2.50. The molecule has 1 amide bonds. The van der Waals surface area contributed by atoms with E-state index in [1.54, 1.807) is 0 Å². The fraction of sp³-hybridized carbons (Fsp3) is 0.259. The van der Waals surface area contributed by atoms with Gasteiger partial charge in [-0.2, -0.15) is 0 Å². The third-order valence-electron chi connectivity index (χ3n) is 6.19. The summed E-state index contributed by atoms with van der Waals surface area (Å²) in [6, 6.07) is 28.0. The van der Waals surface area contributed by atoms with Crippen molar-refractivity contribution in [1.29, 1.82) is 0 Å². The molecule has 33 heavy (non-hydrogen) atoms. The first-order valence-corrected chi connectivity index (χ1v) is 11.3. The van der Waals surface area contributed by atoms with Gasteiger partial charge < -0.3 is 14.6 Å². The SMILES string of the molecule is Cn1c(C(NC(=O)C2CN(Cc3ccccc3)CCO2)c2ccccc2)nc2ccccc21. The Morgan fingerprint density at radius 1 is 1.03 bits per heavy atom. The van der Waals surface area contributed by atoms with Crippen LogP contribution in [0.1, 0.15) is 23.0 Å². The normalized spacial score (nSPS) is 17.7. The maximum Gasteiger partial charge on any atom is 0.251 e. The molecule has 1 aliphatic heterocycles. The largest absolute Gasteiger partial charge is 0.366 e. The van der Waals surface area contributed by atoms with E-state index in [0.717, 1.165) is 35.5 Å². The highest BCUT2D eigenvalue weighted by molar-refractivity contribution is 5.82. The monoisotopic (exact) mass is 440 g/mol. The molecule has 0 spiro atoms. The van der Waals surface area contributed by atoms with Crippen LogP contribution in [0.4, 0.5) is 0 Å². The number of hydrogen-bond donors (Lipinski definition) is 1. The number of rotatable bonds is 6. The van der Waals surface area contributed by atoms with Gasteiger partial charge >= 0.3 is 0 Å². The number of carbonyl (C=O) groups is 1. The highest BCUT2D eigenvalue weighted by Crippen LogP contribution is 2.25. The van der Waals surface area contributed by atoms with E-state index in [0.29, 0.717) is 13.2 Å². The quantitative estimate of drug-likeness (QED) is 0.497.